The van der Waals surface area contributed by atoms with Crippen LogP contribution < -0.4 is 9.46 Å². The van der Waals surface area contributed by atoms with E-state index in [2.05, 4.69) is 36.6 Å². The molecule has 1 N–H and O–H groups in total. The molecule has 0 amide bonds. The number of hydrogen-bond acceptors (Lipinski definition) is 4. The molecular formula is C16H17Br2NO4S. The second-order valence-corrected chi connectivity index (χ2v) is 8.39. The van der Waals surface area contributed by atoms with Gasteiger partial charge in [0.2, 0.25) is 10.0 Å². The van der Waals surface area contributed by atoms with Gasteiger partial charge in [-0.3, -0.25) is 0 Å². The van der Waals surface area contributed by atoms with Gasteiger partial charge in [-0.25, -0.2) is 13.1 Å². The fraction of sp³-hybridized carbons (Fsp3) is 0.250. The van der Waals surface area contributed by atoms with Gasteiger partial charge in [-0.05, 0) is 51.8 Å². The molecule has 0 atom stereocenters. The second kappa shape index (κ2) is 8.96. The Bertz CT molecular complexity index is 779. The van der Waals surface area contributed by atoms with Crippen LogP contribution in [-0.4, -0.2) is 28.7 Å². The van der Waals surface area contributed by atoms with E-state index in [9.17, 15) is 8.42 Å². The van der Waals surface area contributed by atoms with Gasteiger partial charge in [0.05, 0.1) is 11.5 Å². The highest BCUT2D eigenvalue weighted by atomic mass is 79.9. The molecule has 2 rings (SSSR count). The van der Waals surface area contributed by atoms with E-state index in [0.29, 0.717) is 23.4 Å². The molecule has 0 heterocycles. The summed E-state index contributed by atoms with van der Waals surface area (Å²) < 4.78 is 39.0. The van der Waals surface area contributed by atoms with Crippen LogP contribution in [0.3, 0.4) is 0 Å². The van der Waals surface area contributed by atoms with Crippen LogP contribution in [0.4, 0.5) is 0 Å². The van der Waals surface area contributed by atoms with E-state index >= 15 is 0 Å². The molecule has 0 spiro atoms. The number of benzene rings is 2. The second-order valence-electron chi connectivity index (χ2n) is 4.88. The van der Waals surface area contributed by atoms with Crippen molar-refractivity contribution in [3.05, 3.63) is 57.0 Å². The maximum absolute atomic E-state index is 12.4. The molecule has 0 radical (unpaired) electrons. The van der Waals surface area contributed by atoms with Gasteiger partial charge in [0.25, 0.3) is 0 Å². The highest BCUT2D eigenvalue weighted by Crippen LogP contribution is 2.25. The molecule has 130 valence electrons. The standard InChI is InChI=1S/C16H17Br2NO4S/c1-22-8-9-23-14-5-2-12(3-6-14)11-19-24(20,21)16-7-4-13(17)10-15(16)18/h2-7,10,19H,8-9,11H2,1H3. The first kappa shape index (κ1) is 19.4. The number of methoxy groups -OCH3 is 1. The SMILES string of the molecule is COCCOc1ccc(CNS(=O)(=O)c2ccc(Br)cc2Br)cc1. The van der Waals surface area contributed by atoms with Gasteiger partial charge in [-0.2, -0.15) is 0 Å². The first-order chi connectivity index (χ1) is 11.4. The smallest absolute Gasteiger partial charge is 0.241 e. The molecule has 0 aromatic heterocycles. The minimum Gasteiger partial charge on any atom is -0.491 e. The van der Waals surface area contributed by atoms with Crippen molar-refractivity contribution in [2.24, 2.45) is 0 Å². The van der Waals surface area contributed by atoms with Crippen molar-refractivity contribution < 1.29 is 17.9 Å². The Hall–Kier alpha value is -0.930. The third-order valence-corrected chi connectivity index (χ3v) is 6.00. The molecule has 0 saturated carbocycles. The average molecular weight is 479 g/mol. The highest BCUT2D eigenvalue weighted by Gasteiger charge is 2.17. The molecule has 8 heteroatoms. The van der Waals surface area contributed by atoms with Crippen LogP contribution in [0, 0.1) is 0 Å². The van der Waals surface area contributed by atoms with Crippen LogP contribution in [-0.2, 0) is 21.3 Å². The Balaban J connectivity index is 1.99. The maximum Gasteiger partial charge on any atom is 0.241 e. The zero-order chi connectivity index (χ0) is 17.6. The van der Waals surface area contributed by atoms with Crippen molar-refractivity contribution in [1.29, 1.82) is 0 Å². The molecule has 2 aromatic carbocycles. The van der Waals surface area contributed by atoms with Gasteiger partial charge < -0.3 is 9.47 Å². The summed E-state index contributed by atoms with van der Waals surface area (Å²) in [5.74, 6) is 0.717. The molecule has 0 aliphatic carbocycles. The lowest BCUT2D eigenvalue weighted by molar-refractivity contribution is 0.146. The van der Waals surface area contributed by atoms with Crippen molar-refractivity contribution in [3.8, 4) is 5.75 Å². The number of ether oxygens (including phenoxy) is 2. The van der Waals surface area contributed by atoms with E-state index in [0.717, 1.165) is 10.0 Å². The summed E-state index contributed by atoms with van der Waals surface area (Å²) in [6.07, 6.45) is 0. The average Bonchev–Trinajstić information content (AvgIpc) is 2.54. The van der Waals surface area contributed by atoms with Gasteiger partial charge in [-0.15, -0.1) is 0 Å². The molecule has 0 aliphatic rings. The predicted molar refractivity (Wildman–Crippen MR) is 99.7 cm³/mol. The number of halogens is 2. The minimum atomic E-state index is -3.60. The van der Waals surface area contributed by atoms with E-state index in [-0.39, 0.29) is 11.4 Å². The lowest BCUT2D eigenvalue weighted by Crippen LogP contribution is -2.23. The maximum atomic E-state index is 12.4. The summed E-state index contributed by atoms with van der Waals surface area (Å²) in [6.45, 7) is 1.19. The summed E-state index contributed by atoms with van der Waals surface area (Å²) in [4.78, 5) is 0.199. The van der Waals surface area contributed by atoms with E-state index in [1.54, 1.807) is 37.4 Å². The number of hydrogen-bond donors (Lipinski definition) is 1. The Morgan fingerprint density at radius 3 is 2.38 bits per heavy atom. The Morgan fingerprint density at radius 2 is 1.75 bits per heavy atom. The first-order valence-electron chi connectivity index (χ1n) is 7.08. The molecule has 0 unspecified atom stereocenters. The molecule has 0 fully saturated rings. The summed E-state index contributed by atoms with van der Waals surface area (Å²) in [7, 11) is -1.99. The van der Waals surface area contributed by atoms with E-state index in [1.165, 1.54) is 0 Å². The fourth-order valence-electron chi connectivity index (χ4n) is 1.90. The zero-order valence-electron chi connectivity index (χ0n) is 13.0. The summed E-state index contributed by atoms with van der Waals surface area (Å²) >= 11 is 6.58. The fourth-order valence-corrected chi connectivity index (χ4v) is 4.66. The molecule has 0 aliphatic heterocycles. The predicted octanol–water partition coefficient (Wildman–Crippen LogP) is 3.72. The molecular weight excluding hydrogens is 462 g/mol. The van der Waals surface area contributed by atoms with Gasteiger partial charge in [0.1, 0.15) is 12.4 Å². The molecule has 2 aromatic rings. The van der Waals surface area contributed by atoms with Crippen molar-refractivity contribution in [1.82, 2.24) is 4.72 Å². The van der Waals surface area contributed by atoms with Crippen LogP contribution in [0.5, 0.6) is 5.75 Å². The van der Waals surface area contributed by atoms with Crippen molar-refractivity contribution >= 4 is 41.9 Å². The van der Waals surface area contributed by atoms with Gasteiger partial charge in [0.15, 0.2) is 0 Å². The lowest BCUT2D eigenvalue weighted by atomic mass is 10.2. The van der Waals surface area contributed by atoms with Crippen LogP contribution in [0.15, 0.2) is 56.3 Å². The van der Waals surface area contributed by atoms with Crippen LogP contribution >= 0.6 is 31.9 Å². The number of sulfonamides is 1. The van der Waals surface area contributed by atoms with Gasteiger partial charge in [-0.1, -0.05) is 28.1 Å². The molecule has 5 nitrogen and oxygen atoms in total. The lowest BCUT2D eigenvalue weighted by Gasteiger charge is -2.10. The van der Waals surface area contributed by atoms with Crippen LogP contribution in [0.2, 0.25) is 0 Å². The summed E-state index contributed by atoms with van der Waals surface area (Å²) in [5.41, 5.74) is 0.839. The van der Waals surface area contributed by atoms with Crippen molar-refractivity contribution in [2.75, 3.05) is 20.3 Å². The number of rotatable bonds is 8. The molecule has 24 heavy (non-hydrogen) atoms. The van der Waals surface area contributed by atoms with Crippen LogP contribution in [0.25, 0.3) is 0 Å². The van der Waals surface area contributed by atoms with E-state index in [4.69, 9.17) is 9.47 Å². The van der Waals surface area contributed by atoms with Gasteiger partial charge in [0, 0.05) is 22.6 Å². The van der Waals surface area contributed by atoms with E-state index < -0.39 is 10.0 Å². The third kappa shape index (κ3) is 5.56. The van der Waals surface area contributed by atoms with Crippen molar-refractivity contribution in [2.45, 2.75) is 11.4 Å². The Morgan fingerprint density at radius 1 is 1.04 bits per heavy atom. The Kier molecular flexibility index (Phi) is 7.24. The normalized spacial score (nSPS) is 11.5. The summed E-state index contributed by atoms with van der Waals surface area (Å²) in [6, 6.07) is 12.2. The largest absolute Gasteiger partial charge is 0.491 e. The summed E-state index contributed by atoms with van der Waals surface area (Å²) in [5, 5.41) is 0. The van der Waals surface area contributed by atoms with E-state index in [1.807, 2.05) is 12.1 Å². The minimum absolute atomic E-state index is 0.198. The first-order valence-corrected chi connectivity index (χ1v) is 10.1. The molecule has 0 bridgehead atoms. The number of nitrogens with one attached hydrogen (secondary N) is 1. The monoisotopic (exact) mass is 477 g/mol. The highest BCUT2D eigenvalue weighted by molar-refractivity contribution is 9.11. The third-order valence-electron chi connectivity index (χ3n) is 3.13. The van der Waals surface area contributed by atoms with Gasteiger partial charge >= 0.3 is 0 Å². The quantitative estimate of drug-likeness (QED) is 0.587. The van der Waals surface area contributed by atoms with Crippen molar-refractivity contribution in [3.63, 3.8) is 0 Å². The Labute approximate surface area is 158 Å². The molecule has 0 saturated heterocycles. The topological polar surface area (TPSA) is 64.6 Å². The van der Waals surface area contributed by atoms with Crippen LogP contribution in [0.1, 0.15) is 5.56 Å². The zero-order valence-corrected chi connectivity index (χ0v) is 16.9.